The van der Waals surface area contributed by atoms with Crippen LogP contribution in [0.2, 0.25) is 0 Å². The summed E-state index contributed by atoms with van der Waals surface area (Å²) >= 11 is 0. The number of rotatable bonds is 6. The van der Waals surface area contributed by atoms with Gasteiger partial charge in [-0.25, -0.2) is 4.98 Å². The van der Waals surface area contributed by atoms with Gasteiger partial charge in [-0.3, -0.25) is 0 Å². The molecule has 3 rings (SSSR count). The van der Waals surface area contributed by atoms with Gasteiger partial charge in [0.25, 0.3) is 0 Å². The number of hydrogen-bond acceptors (Lipinski definition) is 3. The molecule has 4 nitrogen and oxygen atoms in total. The third kappa shape index (κ3) is 4.05. The quantitative estimate of drug-likeness (QED) is 0.726. The second kappa shape index (κ2) is 7.92. The number of nitrogens with zero attached hydrogens (tertiary/aromatic N) is 2. The predicted octanol–water partition coefficient (Wildman–Crippen LogP) is 3.46. The van der Waals surface area contributed by atoms with Crippen LogP contribution in [0.25, 0.3) is 22.9 Å². The highest BCUT2D eigenvalue weighted by Crippen LogP contribution is 2.29. The summed E-state index contributed by atoms with van der Waals surface area (Å²) in [5, 5.41) is 19.1. The SMILES string of the molecule is C/C(=C\c1ccccc1)c1c(-c2ccccc2)ncn1C[C@H](O)CO. The average Bonchev–Trinajstić information content (AvgIpc) is 3.06. The van der Waals surface area contributed by atoms with Gasteiger partial charge in [-0.15, -0.1) is 0 Å². The fourth-order valence-electron chi connectivity index (χ4n) is 2.89. The summed E-state index contributed by atoms with van der Waals surface area (Å²) < 4.78 is 1.90. The molecule has 0 unspecified atom stereocenters. The van der Waals surface area contributed by atoms with Gasteiger partial charge in [0.2, 0.25) is 0 Å². The van der Waals surface area contributed by atoms with E-state index in [4.69, 9.17) is 0 Å². The number of hydrogen-bond donors (Lipinski definition) is 2. The molecule has 0 radical (unpaired) electrons. The van der Waals surface area contributed by atoms with Crippen LogP contribution < -0.4 is 0 Å². The highest BCUT2D eigenvalue weighted by atomic mass is 16.3. The van der Waals surface area contributed by atoms with Gasteiger partial charge in [0.15, 0.2) is 0 Å². The number of aliphatic hydroxyl groups excluding tert-OH is 2. The fraction of sp³-hybridized carbons (Fsp3) is 0.190. The van der Waals surface area contributed by atoms with E-state index in [0.717, 1.165) is 28.1 Å². The zero-order valence-corrected chi connectivity index (χ0v) is 14.2. The van der Waals surface area contributed by atoms with Crippen molar-refractivity contribution in [2.45, 2.75) is 19.6 Å². The monoisotopic (exact) mass is 334 g/mol. The lowest BCUT2D eigenvalue weighted by molar-refractivity contribution is 0.0810. The molecule has 0 bridgehead atoms. The van der Waals surface area contributed by atoms with Crippen LogP contribution >= 0.6 is 0 Å². The van der Waals surface area contributed by atoms with Crippen molar-refractivity contribution in [1.29, 1.82) is 0 Å². The number of aromatic nitrogens is 2. The summed E-state index contributed by atoms with van der Waals surface area (Å²) in [7, 11) is 0. The Kier molecular flexibility index (Phi) is 5.43. The molecule has 0 spiro atoms. The summed E-state index contributed by atoms with van der Waals surface area (Å²) in [4.78, 5) is 4.57. The molecule has 0 saturated carbocycles. The Balaban J connectivity index is 2.07. The smallest absolute Gasteiger partial charge is 0.0959 e. The zero-order valence-electron chi connectivity index (χ0n) is 14.2. The fourth-order valence-corrected chi connectivity index (χ4v) is 2.89. The van der Waals surface area contributed by atoms with Gasteiger partial charge >= 0.3 is 0 Å². The molecule has 2 aromatic carbocycles. The molecule has 1 heterocycles. The lowest BCUT2D eigenvalue weighted by Gasteiger charge is -2.14. The molecular weight excluding hydrogens is 312 g/mol. The largest absolute Gasteiger partial charge is 0.394 e. The molecule has 1 atom stereocenters. The van der Waals surface area contributed by atoms with Crippen LogP contribution in [-0.4, -0.2) is 32.5 Å². The van der Waals surface area contributed by atoms with Crippen LogP contribution in [0.15, 0.2) is 67.0 Å². The van der Waals surface area contributed by atoms with E-state index in [9.17, 15) is 10.2 Å². The molecule has 128 valence electrons. The Bertz CT molecular complexity index is 839. The average molecular weight is 334 g/mol. The molecule has 0 aliphatic heterocycles. The van der Waals surface area contributed by atoms with Crippen molar-refractivity contribution in [1.82, 2.24) is 9.55 Å². The summed E-state index contributed by atoms with van der Waals surface area (Å²) in [6, 6.07) is 20.1. The molecule has 4 heteroatoms. The van der Waals surface area contributed by atoms with Gasteiger partial charge < -0.3 is 14.8 Å². The van der Waals surface area contributed by atoms with E-state index < -0.39 is 6.10 Å². The standard InChI is InChI=1S/C21H22N2O2/c1-16(12-17-8-4-2-5-9-17)21-20(18-10-6-3-7-11-18)22-15-23(21)13-19(25)14-24/h2-12,15,19,24-25H,13-14H2,1H3/b16-12+/t19-/m0/s1. The van der Waals surface area contributed by atoms with E-state index >= 15 is 0 Å². The van der Waals surface area contributed by atoms with Crippen LogP contribution in [0.4, 0.5) is 0 Å². The molecule has 0 fully saturated rings. The van der Waals surface area contributed by atoms with Crippen molar-refractivity contribution >= 4 is 11.6 Å². The molecule has 2 N–H and O–H groups in total. The first-order chi connectivity index (χ1) is 12.2. The van der Waals surface area contributed by atoms with E-state index in [1.165, 1.54) is 0 Å². The Hall–Kier alpha value is -2.69. The second-order valence-corrected chi connectivity index (χ2v) is 6.03. The first kappa shape index (κ1) is 17.1. The van der Waals surface area contributed by atoms with E-state index in [0.29, 0.717) is 6.54 Å². The van der Waals surface area contributed by atoms with Crippen LogP contribution in [0.1, 0.15) is 18.2 Å². The normalized spacial score (nSPS) is 13.0. The van der Waals surface area contributed by atoms with E-state index in [2.05, 4.69) is 23.2 Å². The van der Waals surface area contributed by atoms with Crippen molar-refractivity contribution in [3.8, 4) is 11.3 Å². The van der Waals surface area contributed by atoms with Crippen LogP contribution in [-0.2, 0) is 6.54 Å². The number of aliphatic hydroxyl groups is 2. The van der Waals surface area contributed by atoms with Gasteiger partial charge in [-0.1, -0.05) is 60.7 Å². The Morgan fingerprint density at radius 1 is 1.08 bits per heavy atom. The summed E-state index contributed by atoms with van der Waals surface area (Å²) in [5.41, 5.74) is 5.00. The van der Waals surface area contributed by atoms with E-state index in [1.807, 2.05) is 60.0 Å². The number of allylic oxidation sites excluding steroid dienone is 1. The second-order valence-electron chi connectivity index (χ2n) is 6.03. The first-order valence-corrected chi connectivity index (χ1v) is 8.32. The minimum atomic E-state index is -0.818. The molecule has 1 aromatic heterocycles. The molecule has 25 heavy (non-hydrogen) atoms. The maximum atomic E-state index is 9.87. The molecule has 0 aliphatic carbocycles. The molecule has 0 aliphatic rings. The molecule has 0 saturated heterocycles. The lowest BCUT2D eigenvalue weighted by atomic mass is 10.0. The molecule has 0 amide bonds. The lowest BCUT2D eigenvalue weighted by Crippen LogP contribution is -2.20. The topological polar surface area (TPSA) is 58.3 Å². The van der Waals surface area contributed by atoms with Crippen LogP contribution in [0.5, 0.6) is 0 Å². The maximum Gasteiger partial charge on any atom is 0.0959 e. The summed E-state index contributed by atoms with van der Waals surface area (Å²) in [6.45, 7) is 2.06. The van der Waals surface area contributed by atoms with Crippen LogP contribution in [0.3, 0.4) is 0 Å². The highest BCUT2D eigenvalue weighted by molar-refractivity contribution is 5.85. The Labute approximate surface area is 147 Å². The van der Waals surface area contributed by atoms with E-state index in [-0.39, 0.29) is 6.61 Å². The minimum absolute atomic E-state index is 0.278. The van der Waals surface area contributed by atoms with Gasteiger partial charge in [0, 0.05) is 5.56 Å². The van der Waals surface area contributed by atoms with Crippen molar-refractivity contribution in [3.63, 3.8) is 0 Å². The van der Waals surface area contributed by atoms with Crippen molar-refractivity contribution in [3.05, 3.63) is 78.2 Å². The Morgan fingerprint density at radius 3 is 2.36 bits per heavy atom. The number of benzene rings is 2. The minimum Gasteiger partial charge on any atom is -0.394 e. The summed E-state index contributed by atoms with van der Waals surface area (Å²) in [5.74, 6) is 0. The van der Waals surface area contributed by atoms with Gasteiger partial charge in [-0.05, 0) is 24.1 Å². The third-order valence-electron chi connectivity index (χ3n) is 4.06. The highest BCUT2D eigenvalue weighted by Gasteiger charge is 2.16. The summed E-state index contributed by atoms with van der Waals surface area (Å²) in [6.07, 6.45) is 3.01. The number of imidazole rings is 1. The first-order valence-electron chi connectivity index (χ1n) is 8.32. The molecular formula is C21H22N2O2. The van der Waals surface area contributed by atoms with Gasteiger partial charge in [-0.2, -0.15) is 0 Å². The zero-order chi connectivity index (χ0) is 17.6. The molecule has 3 aromatic rings. The predicted molar refractivity (Wildman–Crippen MR) is 101 cm³/mol. The van der Waals surface area contributed by atoms with Crippen molar-refractivity contribution < 1.29 is 10.2 Å². The third-order valence-corrected chi connectivity index (χ3v) is 4.06. The van der Waals surface area contributed by atoms with Crippen LogP contribution in [0, 0.1) is 0 Å². The van der Waals surface area contributed by atoms with E-state index in [1.54, 1.807) is 6.33 Å². The van der Waals surface area contributed by atoms with Crippen molar-refractivity contribution in [2.75, 3.05) is 6.61 Å². The van der Waals surface area contributed by atoms with Gasteiger partial charge in [0.05, 0.1) is 37.0 Å². The Morgan fingerprint density at radius 2 is 1.72 bits per heavy atom. The maximum absolute atomic E-state index is 9.87. The van der Waals surface area contributed by atoms with Gasteiger partial charge in [0.1, 0.15) is 0 Å². The van der Waals surface area contributed by atoms with Crippen molar-refractivity contribution in [2.24, 2.45) is 0 Å².